The van der Waals surface area contributed by atoms with E-state index in [9.17, 15) is 18.0 Å². The number of halogens is 4. The number of alkyl halides is 3. The zero-order valence-corrected chi connectivity index (χ0v) is 14.6. The van der Waals surface area contributed by atoms with Crippen LogP contribution < -0.4 is 10.6 Å². The van der Waals surface area contributed by atoms with Gasteiger partial charge in [-0.05, 0) is 31.0 Å². The third kappa shape index (κ3) is 3.68. The van der Waals surface area contributed by atoms with Crippen LogP contribution in [0.2, 0.25) is 5.02 Å². The molecule has 1 fully saturated rings. The Hall–Kier alpha value is -2.13. The lowest BCUT2D eigenvalue weighted by Gasteiger charge is -2.30. The number of hydrogen-bond acceptors (Lipinski definition) is 4. The summed E-state index contributed by atoms with van der Waals surface area (Å²) in [6, 6.07) is 2.65. The highest BCUT2D eigenvalue weighted by Gasteiger charge is 2.41. The lowest BCUT2D eigenvalue weighted by Crippen LogP contribution is -2.50. The summed E-state index contributed by atoms with van der Waals surface area (Å²) < 4.78 is 41.5. The van der Waals surface area contributed by atoms with E-state index in [2.05, 4.69) is 20.7 Å². The van der Waals surface area contributed by atoms with Crippen LogP contribution in [0, 0.1) is 5.92 Å². The van der Waals surface area contributed by atoms with Crippen molar-refractivity contribution in [3.8, 4) is 5.82 Å². The molecule has 10 heteroatoms. The average molecular weight is 388 g/mol. The normalized spacial score (nSPS) is 20.8. The Balaban J connectivity index is 1.97. The quantitative estimate of drug-likeness (QED) is 0.849. The van der Waals surface area contributed by atoms with Crippen LogP contribution >= 0.6 is 11.6 Å². The smallest absolute Gasteiger partial charge is 0.348 e. The van der Waals surface area contributed by atoms with Gasteiger partial charge in [0.2, 0.25) is 0 Å². The summed E-state index contributed by atoms with van der Waals surface area (Å²) in [4.78, 5) is 16.4. The van der Waals surface area contributed by atoms with Crippen LogP contribution in [-0.2, 0) is 6.18 Å². The predicted molar refractivity (Wildman–Crippen MR) is 89.3 cm³/mol. The number of rotatable bonds is 3. The SMILES string of the molecule is CC1CCNCC1NC(=O)c1cnn(-c2ncccc2Cl)c1C(F)(F)F. The van der Waals surface area contributed by atoms with Crippen molar-refractivity contribution >= 4 is 17.5 Å². The second-order valence-corrected chi connectivity index (χ2v) is 6.58. The molecular formula is C16H17ClF3N5O. The molecule has 0 aliphatic carbocycles. The first-order chi connectivity index (χ1) is 12.3. The summed E-state index contributed by atoms with van der Waals surface area (Å²) in [5, 5.41) is 9.51. The standard InChI is InChI=1S/C16H17ClF3N5O/c1-9-4-6-21-8-12(9)24-15(26)10-7-23-25(13(10)16(18,19)20)14-11(17)3-2-5-22-14/h2-3,5,7,9,12,21H,4,6,8H2,1H3,(H,24,26). The van der Waals surface area contributed by atoms with Crippen LogP contribution in [0.4, 0.5) is 13.2 Å². The first-order valence-corrected chi connectivity index (χ1v) is 8.44. The fourth-order valence-electron chi connectivity index (χ4n) is 2.91. The van der Waals surface area contributed by atoms with Gasteiger partial charge in [0.25, 0.3) is 5.91 Å². The van der Waals surface area contributed by atoms with Crippen molar-refractivity contribution in [2.24, 2.45) is 5.92 Å². The van der Waals surface area contributed by atoms with Crippen molar-refractivity contribution in [3.63, 3.8) is 0 Å². The summed E-state index contributed by atoms with van der Waals surface area (Å²) >= 11 is 5.94. The molecule has 2 atom stereocenters. The van der Waals surface area contributed by atoms with E-state index >= 15 is 0 Å². The van der Waals surface area contributed by atoms with Gasteiger partial charge in [0.15, 0.2) is 11.5 Å². The van der Waals surface area contributed by atoms with Crippen molar-refractivity contribution in [1.82, 2.24) is 25.4 Å². The predicted octanol–water partition coefficient (Wildman–Crippen LogP) is 2.67. The van der Waals surface area contributed by atoms with Gasteiger partial charge >= 0.3 is 6.18 Å². The molecule has 0 aromatic carbocycles. The number of amides is 1. The number of nitrogens with zero attached hydrogens (tertiary/aromatic N) is 3. The Morgan fingerprint density at radius 3 is 2.88 bits per heavy atom. The molecule has 140 valence electrons. The molecule has 0 saturated carbocycles. The Bertz CT molecular complexity index is 807. The van der Waals surface area contributed by atoms with E-state index in [0.717, 1.165) is 19.2 Å². The minimum absolute atomic E-state index is 0.00170. The molecule has 2 aromatic heterocycles. The van der Waals surface area contributed by atoms with Crippen LogP contribution in [0.5, 0.6) is 0 Å². The maximum Gasteiger partial charge on any atom is 0.434 e. The van der Waals surface area contributed by atoms with Gasteiger partial charge in [-0.3, -0.25) is 4.79 Å². The van der Waals surface area contributed by atoms with E-state index in [0.29, 0.717) is 11.2 Å². The van der Waals surface area contributed by atoms with Crippen molar-refractivity contribution in [1.29, 1.82) is 0 Å². The molecule has 6 nitrogen and oxygen atoms in total. The fourth-order valence-corrected chi connectivity index (χ4v) is 3.11. The molecule has 0 spiro atoms. The van der Waals surface area contributed by atoms with Gasteiger partial charge in [0.1, 0.15) is 0 Å². The van der Waals surface area contributed by atoms with Crippen LogP contribution in [0.15, 0.2) is 24.5 Å². The van der Waals surface area contributed by atoms with Crippen LogP contribution in [0.1, 0.15) is 29.4 Å². The van der Waals surface area contributed by atoms with Crippen molar-refractivity contribution in [2.45, 2.75) is 25.6 Å². The topological polar surface area (TPSA) is 71.8 Å². The summed E-state index contributed by atoms with van der Waals surface area (Å²) in [5.41, 5.74) is -1.76. The van der Waals surface area contributed by atoms with Gasteiger partial charge in [0.05, 0.1) is 16.8 Å². The molecule has 2 unspecified atom stereocenters. The van der Waals surface area contributed by atoms with E-state index < -0.39 is 23.3 Å². The number of pyridine rings is 1. The molecule has 26 heavy (non-hydrogen) atoms. The minimum atomic E-state index is -4.81. The van der Waals surface area contributed by atoms with Crippen LogP contribution in [-0.4, -0.2) is 39.8 Å². The summed E-state index contributed by atoms with van der Waals surface area (Å²) in [6.45, 7) is 3.28. The number of piperidine rings is 1. The van der Waals surface area contributed by atoms with Crippen molar-refractivity contribution < 1.29 is 18.0 Å². The largest absolute Gasteiger partial charge is 0.434 e. The van der Waals surface area contributed by atoms with Crippen molar-refractivity contribution in [2.75, 3.05) is 13.1 Å². The van der Waals surface area contributed by atoms with Crippen LogP contribution in [0.25, 0.3) is 5.82 Å². The maximum atomic E-state index is 13.7. The van der Waals surface area contributed by atoms with Gasteiger partial charge in [-0.25, -0.2) is 9.67 Å². The molecule has 3 rings (SSSR count). The molecule has 1 aliphatic rings. The second kappa shape index (κ2) is 7.24. The van der Waals surface area contributed by atoms with Gasteiger partial charge in [-0.1, -0.05) is 18.5 Å². The number of carbonyl (C=O) groups is 1. The lowest BCUT2D eigenvalue weighted by molar-refractivity contribution is -0.143. The molecule has 1 amide bonds. The Morgan fingerprint density at radius 1 is 1.46 bits per heavy atom. The first-order valence-electron chi connectivity index (χ1n) is 8.06. The third-order valence-electron chi connectivity index (χ3n) is 4.37. The highest BCUT2D eigenvalue weighted by atomic mass is 35.5. The third-order valence-corrected chi connectivity index (χ3v) is 4.66. The highest BCUT2D eigenvalue weighted by Crippen LogP contribution is 2.34. The van der Waals surface area contributed by atoms with Gasteiger partial charge in [-0.15, -0.1) is 0 Å². The van der Waals surface area contributed by atoms with E-state index in [1.54, 1.807) is 0 Å². The molecule has 0 bridgehead atoms. The Kier molecular flexibility index (Phi) is 5.19. The molecule has 1 aliphatic heterocycles. The monoisotopic (exact) mass is 387 g/mol. The van der Waals surface area contributed by atoms with E-state index in [1.165, 1.54) is 18.3 Å². The second-order valence-electron chi connectivity index (χ2n) is 6.18. The highest BCUT2D eigenvalue weighted by molar-refractivity contribution is 6.32. The summed E-state index contributed by atoms with van der Waals surface area (Å²) in [6.07, 6.45) is -1.78. The number of nitrogens with one attached hydrogen (secondary N) is 2. The fraction of sp³-hybridized carbons (Fsp3) is 0.438. The molecule has 0 radical (unpaired) electrons. The maximum absolute atomic E-state index is 13.7. The van der Waals surface area contributed by atoms with Crippen molar-refractivity contribution in [3.05, 3.63) is 40.8 Å². The molecule has 2 N–H and O–H groups in total. The zero-order chi connectivity index (χ0) is 18.9. The molecule has 3 heterocycles. The first kappa shape index (κ1) is 18.7. The summed E-state index contributed by atoms with van der Waals surface area (Å²) in [7, 11) is 0. The molecular weight excluding hydrogens is 371 g/mol. The number of hydrogen-bond donors (Lipinski definition) is 2. The Labute approximate surface area is 152 Å². The average Bonchev–Trinajstić information content (AvgIpc) is 3.02. The Morgan fingerprint density at radius 2 is 2.23 bits per heavy atom. The van der Waals surface area contributed by atoms with Gasteiger partial charge in [-0.2, -0.15) is 18.3 Å². The lowest BCUT2D eigenvalue weighted by atomic mass is 9.94. The van der Waals surface area contributed by atoms with Gasteiger partial charge < -0.3 is 10.6 Å². The van der Waals surface area contributed by atoms with Gasteiger partial charge in [0, 0.05) is 18.8 Å². The number of aromatic nitrogens is 3. The molecule has 1 saturated heterocycles. The van der Waals surface area contributed by atoms with Crippen LogP contribution in [0.3, 0.4) is 0 Å². The summed E-state index contributed by atoms with van der Waals surface area (Å²) in [5.74, 6) is -0.848. The minimum Gasteiger partial charge on any atom is -0.348 e. The number of carbonyl (C=O) groups excluding carboxylic acids is 1. The van der Waals surface area contributed by atoms with E-state index in [-0.39, 0.29) is 22.8 Å². The van der Waals surface area contributed by atoms with E-state index in [1.807, 2.05) is 6.92 Å². The molecule has 2 aromatic rings. The zero-order valence-electron chi connectivity index (χ0n) is 13.8. The van der Waals surface area contributed by atoms with E-state index in [4.69, 9.17) is 11.6 Å².